The molecular weight excluding hydrogens is 444 g/mol. The molecule has 7 heteroatoms. The Morgan fingerprint density at radius 2 is 1.54 bits per heavy atom. The lowest BCUT2D eigenvalue weighted by Gasteiger charge is -2.21. The predicted octanol–water partition coefficient (Wildman–Crippen LogP) is 4.41. The number of amides is 2. The van der Waals surface area contributed by atoms with Gasteiger partial charge in [-0.25, -0.2) is 9.59 Å². The van der Waals surface area contributed by atoms with Gasteiger partial charge < -0.3 is 20.1 Å². The normalized spacial score (nSPS) is 16.5. The summed E-state index contributed by atoms with van der Waals surface area (Å²) < 4.78 is 5.56. The maximum atomic E-state index is 12.7. The van der Waals surface area contributed by atoms with Crippen molar-refractivity contribution in [3.05, 3.63) is 95.1 Å². The van der Waals surface area contributed by atoms with E-state index in [2.05, 4.69) is 29.6 Å². The summed E-state index contributed by atoms with van der Waals surface area (Å²) in [5, 5.41) is 12.1. The molecule has 0 radical (unpaired) electrons. The van der Waals surface area contributed by atoms with Crippen LogP contribution >= 0.6 is 0 Å². The number of hydrogen-bond donors (Lipinski definition) is 2. The van der Waals surface area contributed by atoms with Gasteiger partial charge in [0.05, 0.1) is 0 Å². The molecule has 2 N–H and O–H groups in total. The Balaban J connectivity index is 1.16. The molecule has 1 atom stereocenters. The highest BCUT2D eigenvalue weighted by Gasteiger charge is 2.34. The second-order valence-corrected chi connectivity index (χ2v) is 8.87. The molecule has 0 bridgehead atoms. The highest BCUT2D eigenvalue weighted by atomic mass is 16.5. The van der Waals surface area contributed by atoms with Crippen LogP contribution in [0.5, 0.6) is 0 Å². The number of carbonyl (C=O) groups is 3. The van der Waals surface area contributed by atoms with Crippen molar-refractivity contribution in [3.63, 3.8) is 0 Å². The number of nitrogens with zero attached hydrogens (tertiary/aromatic N) is 1. The first-order valence-corrected chi connectivity index (χ1v) is 11.7. The maximum absolute atomic E-state index is 12.7. The molecule has 178 valence electrons. The summed E-state index contributed by atoms with van der Waals surface area (Å²) in [6.45, 7) is 0.946. The van der Waals surface area contributed by atoms with Crippen LogP contribution in [0.1, 0.15) is 45.8 Å². The fourth-order valence-corrected chi connectivity index (χ4v) is 5.02. The number of carboxylic acids is 1. The van der Waals surface area contributed by atoms with Crippen LogP contribution in [0.4, 0.5) is 4.79 Å². The Morgan fingerprint density at radius 1 is 0.914 bits per heavy atom. The molecule has 2 amide bonds. The number of aliphatic carboxylic acids is 1. The van der Waals surface area contributed by atoms with Gasteiger partial charge in [0, 0.05) is 24.6 Å². The van der Waals surface area contributed by atoms with Crippen LogP contribution in [-0.4, -0.2) is 47.2 Å². The monoisotopic (exact) mass is 470 g/mol. The minimum Gasteiger partial charge on any atom is -0.480 e. The number of ether oxygens (including phenoxy) is 1. The summed E-state index contributed by atoms with van der Waals surface area (Å²) in [6, 6.07) is 22.4. The van der Waals surface area contributed by atoms with Crippen LogP contribution in [0.15, 0.2) is 72.8 Å². The molecule has 0 saturated carbocycles. The van der Waals surface area contributed by atoms with Gasteiger partial charge >= 0.3 is 12.1 Å². The molecule has 5 rings (SSSR count). The summed E-state index contributed by atoms with van der Waals surface area (Å²) in [5.74, 6) is -1.26. The molecule has 3 aromatic carbocycles. The van der Waals surface area contributed by atoms with Crippen LogP contribution in [0, 0.1) is 0 Å². The van der Waals surface area contributed by atoms with Gasteiger partial charge in [-0.15, -0.1) is 0 Å². The zero-order valence-corrected chi connectivity index (χ0v) is 19.1. The lowest BCUT2D eigenvalue weighted by molar-refractivity contribution is -0.141. The second-order valence-electron chi connectivity index (χ2n) is 8.87. The van der Waals surface area contributed by atoms with Gasteiger partial charge in [0.2, 0.25) is 0 Å². The van der Waals surface area contributed by atoms with Crippen LogP contribution in [-0.2, 0) is 16.1 Å². The Morgan fingerprint density at radius 3 is 2.17 bits per heavy atom. The molecule has 1 fully saturated rings. The third-order valence-corrected chi connectivity index (χ3v) is 6.78. The van der Waals surface area contributed by atoms with E-state index in [9.17, 15) is 19.5 Å². The molecule has 2 aliphatic rings. The molecule has 7 nitrogen and oxygen atoms in total. The topological polar surface area (TPSA) is 95.9 Å². The number of rotatable bonds is 6. The SMILES string of the molecule is O=C(NCc1ccc(C(=O)N2CCC[C@@H]2C(=O)O)cc1)OCC1c2ccccc2-c2ccccc21. The van der Waals surface area contributed by atoms with E-state index >= 15 is 0 Å². The molecule has 0 aromatic heterocycles. The first-order chi connectivity index (χ1) is 17.0. The Labute approximate surface area is 203 Å². The summed E-state index contributed by atoms with van der Waals surface area (Å²) in [5.41, 5.74) is 5.91. The van der Waals surface area contributed by atoms with Gasteiger partial charge in [-0.05, 0) is 52.8 Å². The summed E-state index contributed by atoms with van der Waals surface area (Å²) in [4.78, 5) is 37.9. The van der Waals surface area contributed by atoms with Gasteiger partial charge in [-0.1, -0.05) is 60.7 Å². The van der Waals surface area contributed by atoms with Crippen molar-refractivity contribution in [1.29, 1.82) is 0 Å². The van der Waals surface area contributed by atoms with E-state index in [1.54, 1.807) is 24.3 Å². The van der Waals surface area contributed by atoms with Crippen LogP contribution in [0.3, 0.4) is 0 Å². The van der Waals surface area contributed by atoms with E-state index in [0.717, 1.165) is 16.7 Å². The van der Waals surface area contributed by atoms with Crippen LogP contribution in [0.2, 0.25) is 0 Å². The zero-order chi connectivity index (χ0) is 24.4. The van der Waals surface area contributed by atoms with Gasteiger partial charge in [0.25, 0.3) is 5.91 Å². The van der Waals surface area contributed by atoms with E-state index in [-0.39, 0.29) is 25.0 Å². The minimum atomic E-state index is -0.972. The quantitative estimate of drug-likeness (QED) is 0.556. The summed E-state index contributed by atoms with van der Waals surface area (Å²) in [6.07, 6.45) is 0.655. The second kappa shape index (κ2) is 9.62. The average Bonchev–Trinajstić information content (AvgIpc) is 3.50. The van der Waals surface area contributed by atoms with Gasteiger partial charge in [-0.2, -0.15) is 0 Å². The van der Waals surface area contributed by atoms with Crippen molar-refractivity contribution < 1.29 is 24.2 Å². The lowest BCUT2D eigenvalue weighted by Crippen LogP contribution is -2.40. The molecule has 1 aliphatic carbocycles. The number of fused-ring (bicyclic) bond motifs is 3. The Hall–Kier alpha value is -4.13. The first kappa shape index (κ1) is 22.7. The van der Waals surface area contributed by atoms with E-state index < -0.39 is 18.1 Å². The van der Waals surface area contributed by atoms with Gasteiger partial charge in [0.1, 0.15) is 12.6 Å². The number of benzene rings is 3. The van der Waals surface area contributed by atoms with Gasteiger partial charge in [0.15, 0.2) is 0 Å². The third-order valence-electron chi connectivity index (χ3n) is 6.78. The third kappa shape index (κ3) is 4.49. The van der Waals surface area contributed by atoms with E-state index in [0.29, 0.717) is 24.9 Å². The Kier molecular flexibility index (Phi) is 6.23. The molecule has 3 aromatic rings. The molecule has 1 aliphatic heterocycles. The number of likely N-dealkylation sites (tertiary alicyclic amines) is 1. The number of hydrogen-bond acceptors (Lipinski definition) is 4. The molecule has 0 spiro atoms. The Bertz CT molecular complexity index is 1220. The lowest BCUT2D eigenvalue weighted by atomic mass is 9.98. The van der Waals surface area contributed by atoms with Crippen LogP contribution in [0.25, 0.3) is 11.1 Å². The highest BCUT2D eigenvalue weighted by Crippen LogP contribution is 2.44. The van der Waals surface area contributed by atoms with E-state index in [1.165, 1.54) is 16.0 Å². The van der Waals surface area contributed by atoms with Crippen molar-refractivity contribution in [2.45, 2.75) is 31.3 Å². The predicted molar refractivity (Wildman–Crippen MR) is 130 cm³/mol. The maximum Gasteiger partial charge on any atom is 0.407 e. The highest BCUT2D eigenvalue weighted by molar-refractivity contribution is 5.97. The van der Waals surface area contributed by atoms with Crippen molar-refractivity contribution in [1.82, 2.24) is 10.2 Å². The first-order valence-electron chi connectivity index (χ1n) is 11.7. The minimum absolute atomic E-state index is 0.00124. The van der Waals surface area contributed by atoms with Crippen molar-refractivity contribution >= 4 is 18.0 Å². The standard InChI is InChI=1S/C28H26N2O5/c31-26(30-15-5-10-25(30)27(32)33)19-13-11-18(12-14-19)16-29-28(34)35-17-24-22-8-3-1-6-20(22)21-7-2-4-9-23(21)24/h1-4,6-9,11-14,24-25H,5,10,15-17H2,(H,29,34)(H,32,33)/t25-/m1/s1. The molecular formula is C28H26N2O5. The molecule has 0 unspecified atom stereocenters. The molecule has 35 heavy (non-hydrogen) atoms. The van der Waals surface area contributed by atoms with Crippen molar-refractivity contribution in [2.24, 2.45) is 0 Å². The zero-order valence-electron chi connectivity index (χ0n) is 19.1. The van der Waals surface area contributed by atoms with Crippen molar-refractivity contribution in [3.8, 4) is 11.1 Å². The van der Waals surface area contributed by atoms with E-state index in [4.69, 9.17) is 4.74 Å². The number of alkyl carbamates (subject to hydrolysis) is 1. The van der Waals surface area contributed by atoms with Crippen molar-refractivity contribution in [2.75, 3.05) is 13.2 Å². The van der Waals surface area contributed by atoms with E-state index in [1.807, 2.05) is 24.3 Å². The fraction of sp³-hybridized carbons (Fsp3) is 0.250. The largest absolute Gasteiger partial charge is 0.480 e. The van der Waals surface area contributed by atoms with Gasteiger partial charge in [-0.3, -0.25) is 4.79 Å². The molecule has 1 heterocycles. The summed E-state index contributed by atoms with van der Waals surface area (Å²) in [7, 11) is 0. The van der Waals surface area contributed by atoms with Crippen LogP contribution < -0.4 is 5.32 Å². The average molecular weight is 471 g/mol. The molecule has 1 saturated heterocycles. The smallest absolute Gasteiger partial charge is 0.407 e. The number of carboxylic acid groups (broad SMARTS) is 1. The fourth-order valence-electron chi connectivity index (χ4n) is 5.02. The number of carbonyl (C=O) groups excluding carboxylic acids is 2. The summed E-state index contributed by atoms with van der Waals surface area (Å²) >= 11 is 0. The number of nitrogens with one attached hydrogen (secondary N) is 1.